The topological polar surface area (TPSA) is 60.5 Å². The fraction of sp³-hybridized carbons (Fsp3) is 0.333. The van der Waals surface area contributed by atoms with Crippen molar-refractivity contribution in [1.82, 2.24) is 10.3 Å². The zero-order chi connectivity index (χ0) is 15.9. The number of carbonyl (C=O) groups is 1. The number of pyridine rings is 1. The predicted molar refractivity (Wildman–Crippen MR) is 86.3 cm³/mol. The number of rotatable bonds is 6. The van der Waals surface area contributed by atoms with Gasteiger partial charge < -0.3 is 14.8 Å². The average Bonchev–Trinajstić information content (AvgIpc) is 3.13. The van der Waals surface area contributed by atoms with Crippen LogP contribution in [0.15, 0.2) is 48.8 Å². The van der Waals surface area contributed by atoms with Gasteiger partial charge in [-0.3, -0.25) is 9.78 Å². The summed E-state index contributed by atoms with van der Waals surface area (Å²) in [6, 6.07) is 11.0. The molecule has 2 aromatic rings. The van der Waals surface area contributed by atoms with Gasteiger partial charge in [0, 0.05) is 36.7 Å². The second-order valence-corrected chi connectivity index (χ2v) is 5.52. The molecule has 1 aromatic heterocycles. The summed E-state index contributed by atoms with van der Waals surface area (Å²) in [5.74, 6) is 0.642. The van der Waals surface area contributed by atoms with Gasteiger partial charge in [0.15, 0.2) is 0 Å². The molecule has 1 amide bonds. The standard InChI is InChI=1S/C18H20N2O3/c21-18(20-12-17-4-2-10-22-17)15-5-7-16(8-6-15)23-13-14-3-1-9-19-11-14/h1,3,5-9,11,17H,2,4,10,12-13H2,(H,20,21). The number of benzene rings is 1. The molecule has 1 aliphatic rings. The molecule has 1 fully saturated rings. The van der Waals surface area contributed by atoms with Crippen LogP contribution in [0.4, 0.5) is 0 Å². The van der Waals surface area contributed by atoms with Crippen LogP contribution in [0.5, 0.6) is 5.75 Å². The van der Waals surface area contributed by atoms with E-state index in [9.17, 15) is 4.79 Å². The van der Waals surface area contributed by atoms with E-state index in [0.29, 0.717) is 18.7 Å². The summed E-state index contributed by atoms with van der Waals surface area (Å²) in [6.07, 6.45) is 5.74. The largest absolute Gasteiger partial charge is 0.489 e. The molecule has 1 N–H and O–H groups in total. The smallest absolute Gasteiger partial charge is 0.251 e. The Labute approximate surface area is 135 Å². The van der Waals surface area contributed by atoms with Gasteiger partial charge in [0.05, 0.1) is 6.10 Å². The second kappa shape index (κ2) is 7.74. The van der Waals surface area contributed by atoms with Crippen LogP contribution in [-0.2, 0) is 11.3 Å². The molecule has 1 aromatic carbocycles. The molecule has 1 aliphatic heterocycles. The number of aromatic nitrogens is 1. The Morgan fingerprint density at radius 2 is 2.17 bits per heavy atom. The summed E-state index contributed by atoms with van der Waals surface area (Å²) in [7, 11) is 0. The monoisotopic (exact) mass is 312 g/mol. The molecule has 3 rings (SSSR count). The average molecular weight is 312 g/mol. The SMILES string of the molecule is O=C(NCC1CCCO1)c1ccc(OCc2cccnc2)cc1. The summed E-state index contributed by atoms with van der Waals surface area (Å²) >= 11 is 0. The van der Waals surface area contributed by atoms with E-state index in [4.69, 9.17) is 9.47 Å². The molecule has 1 atom stereocenters. The Hall–Kier alpha value is -2.40. The van der Waals surface area contributed by atoms with Gasteiger partial charge in [0.2, 0.25) is 0 Å². The molecular weight excluding hydrogens is 292 g/mol. The Morgan fingerprint density at radius 3 is 2.87 bits per heavy atom. The lowest BCUT2D eigenvalue weighted by atomic mass is 10.2. The molecule has 0 radical (unpaired) electrons. The molecule has 23 heavy (non-hydrogen) atoms. The van der Waals surface area contributed by atoms with Crippen LogP contribution in [0.2, 0.25) is 0 Å². The number of nitrogens with zero attached hydrogens (tertiary/aromatic N) is 1. The van der Waals surface area contributed by atoms with Gasteiger partial charge in [0.1, 0.15) is 12.4 Å². The zero-order valence-corrected chi connectivity index (χ0v) is 12.9. The quantitative estimate of drug-likeness (QED) is 0.890. The van der Waals surface area contributed by atoms with E-state index in [1.165, 1.54) is 0 Å². The van der Waals surface area contributed by atoms with Crippen molar-refractivity contribution < 1.29 is 14.3 Å². The zero-order valence-electron chi connectivity index (χ0n) is 12.9. The van der Waals surface area contributed by atoms with Gasteiger partial charge in [-0.2, -0.15) is 0 Å². The van der Waals surface area contributed by atoms with Crippen LogP contribution in [0.25, 0.3) is 0 Å². The summed E-state index contributed by atoms with van der Waals surface area (Å²) < 4.78 is 11.2. The summed E-state index contributed by atoms with van der Waals surface area (Å²) in [6.45, 7) is 1.82. The molecule has 0 spiro atoms. The first-order valence-electron chi connectivity index (χ1n) is 7.83. The fourth-order valence-corrected chi connectivity index (χ4v) is 2.47. The van der Waals surface area contributed by atoms with E-state index in [-0.39, 0.29) is 12.0 Å². The maximum atomic E-state index is 12.1. The van der Waals surface area contributed by atoms with Crippen molar-refractivity contribution in [2.45, 2.75) is 25.6 Å². The Bertz CT molecular complexity index is 622. The van der Waals surface area contributed by atoms with Gasteiger partial charge in [0.25, 0.3) is 5.91 Å². The third-order valence-corrected chi connectivity index (χ3v) is 3.76. The minimum Gasteiger partial charge on any atom is -0.489 e. The lowest BCUT2D eigenvalue weighted by Gasteiger charge is -2.11. The van der Waals surface area contributed by atoms with E-state index in [2.05, 4.69) is 10.3 Å². The summed E-state index contributed by atoms with van der Waals surface area (Å²) in [5, 5.41) is 2.91. The van der Waals surface area contributed by atoms with Crippen LogP contribution >= 0.6 is 0 Å². The van der Waals surface area contributed by atoms with E-state index in [1.807, 2.05) is 12.1 Å². The summed E-state index contributed by atoms with van der Waals surface area (Å²) in [5.41, 5.74) is 1.63. The van der Waals surface area contributed by atoms with Crippen molar-refractivity contribution in [1.29, 1.82) is 0 Å². The van der Waals surface area contributed by atoms with Crippen molar-refractivity contribution >= 4 is 5.91 Å². The minimum atomic E-state index is -0.0840. The Kier molecular flexibility index (Phi) is 5.21. The van der Waals surface area contributed by atoms with Crippen LogP contribution in [0.3, 0.4) is 0 Å². The van der Waals surface area contributed by atoms with Crippen LogP contribution in [0, 0.1) is 0 Å². The number of nitrogens with one attached hydrogen (secondary N) is 1. The van der Waals surface area contributed by atoms with Crippen molar-refractivity contribution in [3.63, 3.8) is 0 Å². The molecule has 1 saturated heterocycles. The maximum absolute atomic E-state index is 12.1. The molecular formula is C18H20N2O3. The first-order valence-corrected chi connectivity index (χ1v) is 7.83. The van der Waals surface area contributed by atoms with Crippen LogP contribution in [0.1, 0.15) is 28.8 Å². The summed E-state index contributed by atoms with van der Waals surface area (Å²) in [4.78, 5) is 16.1. The highest BCUT2D eigenvalue weighted by atomic mass is 16.5. The normalized spacial score (nSPS) is 17.0. The van der Waals surface area contributed by atoms with Gasteiger partial charge >= 0.3 is 0 Å². The van der Waals surface area contributed by atoms with E-state index < -0.39 is 0 Å². The molecule has 5 heteroatoms. The number of amides is 1. The van der Waals surface area contributed by atoms with Gasteiger partial charge in [-0.15, -0.1) is 0 Å². The fourth-order valence-electron chi connectivity index (χ4n) is 2.47. The lowest BCUT2D eigenvalue weighted by Crippen LogP contribution is -2.31. The predicted octanol–water partition coefficient (Wildman–Crippen LogP) is 2.57. The van der Waals surface area contributed by atoms with Crippen LogP contribution in [-0.4, -0.2) is 30.1 Å². The number of hydrogen-bond donors (Lipinski definition) is 1. The van der Waals surface area contributed by atoms with Crippen molar-refractivity contribution in [3.8, 4) is 5.75 Å². The van der Waals surface area contributed by atoms with Gasteiger partial charge in [-0.05, 0) is 43.2 Å². The van der Waals surface area contributed by atoms with Gasteiger partial charge in [-0.1, -0.05) is 6.07 Å². The molecule has 120 valence electrons. The van der Waals surface area contributed by atoms with E-state index in [0.717, 1.165) is 30.8 Å². The maximum Gasteiger partial charge on any atom is 0.251 e. The Morgan fingerprint density at radius 1 is 1.30 bits per heavy atom. The Balaban J connectivity index is 1.49. The first-order chi connectivity index (χ1) is 11.3. The highest BCUT2D eigenvalue weighted by Gasteiger charge is 2.16. The molecule has 2 heterocycles. The molecule has 5 nitrogen and oxygen atoms in total. The third-order valence-electron chi connectivity index (χ3n) is 3.76. The van der Waals surface area contributed by atoms with Crippen molar-refractivity contribution in [3.05, 3.63) is 59.9 Å². The lowest BCUT2D eigenvalue weighted by molar-refractivity contribution is 0.0857. The second-order valence-electron chi connectivity index (χ2n) is 5.52. The highest BCUT2D eigenvalue weighted by molar-refractivity contribution is 5.94. The molecule has 0 saturated carbocycles. The number of hydrogen-bond acceptors (Lipinski definition) is 4. The highest BCUT2D eigenvalue weighted by Crippen LogP contribution is 2.15. The van der Waals surface area contributed by atoms with Gasteiger partial charge in [-0.25, -0.2) is 0 Å². The van der Waals surface area contributed by atoms with Crippen molar-refractivity contribution in [2.75, 3.05) is 13.2 Å². The third kappa shape index (κ3) is 4.53. The minimum absolute atomic E-state index is 0.0840. The molecule has 0 bridgehead atoms. The van der Waals surface area contributed by atoms with E-state index in [1.54, 1.807) is 36.7 Å². The molecule has 1 unspecified atom stereocenters. The molecule has 0 aliphatic carbocycles. The number of carbonyl (C=O) groups excluding carboxylic acids is 1. The first kappa shape index (κ1) is 15.5. The van der Waals surface area contributed by atoms with Crippen LogP contribution < -0.4 is 10.1 Å². The number of ether oxygens (including phenoxy) is 2. The van der Waals surface area contributed by atoms with E-state index >= 15 is 0 Å². The van der Waals surface area contributed by atoms with Crippen molar-refractivity contribution in [2.24, 2.45) is 0 Å².